The minimum Gasteiger partial charge on any atom is -0.435 e. The van der Waals surface area contributed by atoms with Crippen LogP contribution in [0.5, 0.6) is 11.6 Å². The van der Waals surface area contributed by atoms with Crippen molar-refractivity contribution < 1.29 is 17.5 Å². The molecule has 0 radical (unpaired) electrons. The SMILES string of the molecule is NC1CCC(Nc2nccc(-c3cccnc3Oc3ccc(NS(=O)(=O)c4cccc5ccccc45)cc3F)n2)CC1. The Morgan fingerprint density at radius 3 is 2.52 bits per heavy atom. The van der Waals surface area contributed by atoms with E-state index in [9.17, 15) is 8.42 Å². The van der Waals surface area contributed by atoms with E-state index in [1.165, 1.54) is 24.4 Å². The van der Waals surface area contributed by atoms with Crippen LogP contribution in [-0.4, -0.2) is 35.5 Å². The molecule has 1 saturated carbocycles. The van der Waals surface area contributed by atoms with Gasteiger partial charge in [-0.2, -0.15) is 0 Å². The van der Waals surface area contributed by atoms with E-state index < -0.39 is 15.8 Å². The molecular weight excluding hydrogens is 555 g/mol. The topological polar surface area (TPSA) is 132 Å². The van der Waals surface area contributed by atoms with Crippen LogP contribution >= 0.6 is 0 Å². The number of nitrogens with two attached hydrogens (primary N) is 1. The van der Waals surface area contributed by atoms with E-state index in [-0.39, 0.29) is 34.3 Å². The third-order valence-electron chi connectivity index (χ3n) is 7.24. The van der Waals surface area contributed by atoms with E-state index >= 15 is 4.39 Å². The van der Waals surface area contributed by atoms with Crippen molar-refractivity contribution in [3.05, 3.63) is 97.1 Å². The zero-order valence-electron chi connectivity index (χ0n) is 22.6. The van der Waals surface area contributed by atoms with E-state index in [4.69, 9.17) is 10.5 Å². The second-order valence-electron chi connectivity index (χ2n) is 10.2. The van der Waals surface area contributed by atoms with E-state index in [0.29, 0.717) is 22.6 Å². The van der Waals surface area contributed by atoms with Gasteiger partial charge in [-0.3, -0.25) is 4.72 Å². The van der Waals surface area contributed by atoms with Gasteiger partial charge >= 0.3 is 0 Å². The standard InChI is InChI=1S/C31H29FN6O3S/c32-26-19-23(38-42(39,40)29-9-3-6-20-5-1-2-7-24(20)29)14-15-28(26)41-30-25(8-4-17-34-30)27-16-18-35-31(37-27)36-22-12-10-21(33)11-13-22/h1-9,14-19,21-22,38H,10-13,33H2,(H,35,36,37). The monoisotopic (exact) mass is 584 g/mol. The van der Waals surface area contributed by atoms with Gasteiger partial charge in [0.2, 0.25) is 11.8 Å². The maximum Gasteiger partial charge on any atom is 0.262 e. The van der Waals surface area contributed by atoms with Gasteiger partial charge in [0.25, 0.3) is 10.0 Å². The smallest absolute Gasteiger partial charge is 0.262 e. The molecule has 0 bridgehead atoms. The van der Waals surface area contributed by atoms with Crippen LogP contribution in [0, 0.1) is 5.82 Å². The molecule has 1 aliphatic carbocycles. The summed E-state index contributed by atoms with van der Waals surface area (Å²) >= 11 is 0. The summed E-state index contributed by atoms with van der Waals surface area (Å²) in [7, 11) is -3.99. The number of nitrogens with zero attached hydrogens (tertiary/aromatic N) is 3. The molecule has 0 atom stereocenters. The van der Waals surface area contributed by atoms with E-state index in [0.717, 1.165) is 37.1 Å². The van der Waals surface area contributed by atoms with Crippen molar-refractivity contribution in [2.24, 2.45) is 5.73 Å². The summed E-state index contributed by atoms with van der Waals surface area (Å²) in [5, 5.41) is 4.74. The fourth-order valence-corrected chi connectivity index (χ4v) is 6.36. The first-order valence-electron chi connectivity index (χ1n) is 13.6. The van der Waals surface area contributed by atoms with E-state index in [1.54, 1.807) is 42.6 Å². The number of benzene rings is 3. The molecule has 3 aromatic carbocycles. The first-order chi connectivity index (χ1) is 20.4. The summed E-state index contributed by atoms with van der Waals surface area (Å²) in [4.78, 5) is 13.4. The van der Waals surface area contributed by atoms with Crippen LogP contribution in [0.4, 0.5) is 16.0 Å². The lowest BCUT2D eigenvalue weighted by Gasteiger charge is -2.26. The normalized spacial score (nSPS) is 17.1. The van der Waals surface area contributed by atoms with Crippen molar-refractivity contribution in [1.29, 1.82) is 0 Å². The zero-order chi connectivity index (χ0) is 29.1. The number of hydrogen-bond acceptors (Lipinski definition) is 8. The molecule has 0 amide bonds. The van der Waals surface area contributed by atoms with Crippen LogP contribution < -0.4 is 20.5 Å². The molecule has 2 heterocycles. The summed E-state index contributed by atoms with van der Waals surface area (Å²) in [5.41, 5.74) is 7.19. The average Bonchev–Trinajstić information content (AvgIpc) is 2.99. The maximum absolute atomic E-state index is 15.2. The van der Waals surface area contributed by atoms with Crippen LogP contribution in [0.25, 0.3) is 22.0 Å². The van der Waals surface area contributed by atoms with Crippen molar-refractivity contribution >= 4 is 32.4 Å². The average molecular weight is 585 g/mol. The quantitative estimate of drug-likeness (QED) is 0.199. The van der Waals surface area contributed by atoms with Gasteiger partial charge in [0.15, 0.2) is 11.6 Å². The van der Waals surface area contributed by atoms with Gasteiger partial charge in [-0.1, -0.05) is 36.4 Å². The summed E-state index contributed by atoms with van der Waals surface area (Å²) in [6.45, 7) is 0. The van der Waals surface area contributed by atoms with Crippen molar-refractivity contribution in [2.75, 3.05) is 10.0 Å². The van der Waals surface area contributed by atoms with Crippen LogP contribution in [0.3, 0.4) is 0 Å². The number of sulfonamides is 1. The number of nitrogens with one attached hydrogen (secondary N) is 2. The number of hydrogen-bond donors (Lipinski definition) is 3. The second kappa shape index (κ2) is 11.7. The molecular formula is C31H29FN6O3S. The lowest BCUT2D eigenvalue weighted by molar-refractivity contribution is 0.410. The Kier molecular flexibility index (Phi) is 7.68. The van der Waals surface area contributed by atoms with Gasteiger partial charge in [0.05, 0.1) is 21.8 Å². The predicted octanol–water partition coefficient (Wildman–Crippen LogP) is 6.11. The summed E-state index contributed by atoms with van der Waals surface area (Å²) in [6.07, 6.45) is 6.98. The fraction of sp³-hybridized carbons (Fsp3) is 0.194. The Hall–Kier alpha value is -4.61. The van der Waals surface area contributed by atoms with Crippen LogP contribution in [0.15, 0.2) is 96.2 Å². The number of pyridine rings is 1. The molecule has 0 spiro atoms. The fourth-order valence-electron chi connectivity index (χ4n) is 5.08. The number of rotatable bonds is 8. The highest BCUT2D eigenvalue weighted by atomic mass is 32.2. The summed E-state index contributed by atoms with van der Waals surface area (Å²) in [6, 6.07) is 21.8. The third-order valence-corrected chi connectivity index (χ3v) is 8.68. The van der Waals surface area contributed by atoms with Crippen LogP contribution in [-0.2, 0) is 10.0 Å². The predicted molar refractivity (Wildman–Crippen MR) is 160 cm³/mol. The molecule has 42 heavy (non-hydrogen) atoms. The Bertz CT molecular complexity index is 1840. The van der Waals surface area contributed by atoms with Crippen molar-refractivity contribution in [2.45, 2.75) is 42.7 Å². The Balaban J connectivity index is 1.21. The molecule has 1 aliphatic rings. The Morgan fingerprint density at radius 1 is 0.881 bits per heavy atom. The van der Waals surface area contributed by atoms with Gasteiger partial charge in [0, 0.05) is 35.9 Å². The number of aromatic nitrogens is 3. The van der Waals surface area contributed by atoms with Crippen molar-refractivity contribution in [3.63, 3.8) is 0 Å². The van der Waals surface area contributed by atoms with Gasteiger partial charge in [-0.05, 0) is 67.5 Å². The van der Waals surface area contributed by atoms with Crippen LogP contribution in [0.2, 0.25) is 0 Å². The summed E-state index contributed by atoms with van der Waals surface area (Å²) < 4.78 is 49.9. The highest BCUT2D eigenvalue weighted by molar-refractivity contribution is 7.93. The van der Waals surface area contributed by atoms with Gasteiger partial charge < -0.3 is 15.8 Å². The zero-order valence-corrected chi connectivity index (χ0v) is 23.4. The first-order valence-corrected chi connectivity index (χ1v) is 15.1. The van der Waals surface area contributed by atoms with Crippen molar-refractivity contribution in [1.82, 2.24) is 15.0 Å². The number of ether oxygens (including phenoxy) is 1. The van der Waals surface area contributed by atoms with Gasteiger partial charge in [-0.25, -0.2) is 27.8 Å². The molecule has 0 aliphatic heterocycles. The maximum atomic E-state index is 15.2. The highest BCUT2D eigenvalue weighted by Crippen LogP contribution is 2.33. The van der Waals surface area contributed by atoms with E-state index in [1.807, 2.05) is 18.2 Å². The molecule has 214 valence electrons. The lowest BCUT2D eigenvalue weighted by atomic mass is 9.92. The molecule has 1 fully saturated rings. The molecule has 4 N–H and O–H groups in total. The Morgan fingerprint density at radius 2 is 1.69 bits per heavy atom. The molecule has 6 rings (SSSR count). The minimum atomic E-state index is -3.99. The number of anilines is 2. The molecule has 5 aromatic rings. The molecule has 2 aromatic heterocycles. The summed E-state index contributed by atoms with van der Waals surface area (Å²) in [5.74, 6) is -0.246. The lowest BCUT2D eigenvalue weighted by Crippen LogP contribution is -2.33. The minimum absolute atomic E-state index is 0.0595. The Labute approximate surface area is 243 Å². The highest BCUT2D eigenvalue weighted by Gasteiger charge is 2.21. The third kappa shape index (κ3) is 6.02. The van der Waals surface area contributed by atoms with Crippen molar-refractivity contribution in [3.8, 4) is 22.9 Å². The first kappa shape index (κ1) is 27.6. The number of fused-ring (bicyclic) bond motifs is 1. The van der Waals surface area contributed by atoms with Gasteiger partial charge in [-0.15, -0.1) is 0 Å². The molecule has 0 saturated heterocycles. The number of halogens is 1. The second-order valence-corrected chi connectivity index (χ2v) is 11.9. The molecule has 0 unspecified atom stereocenters. The largest absolute Gasteiger partial charge is 0.435 e. The van der Waals surface area contributed by atoms with Gasteiger partial charge in [0.1, 0.15) is 0 Å². The molecule has 9 nitrogen and oxygen atoms in total. The van der Waals surface area contributed by atoms with E-state index in [2.05, 4.69) is 25.0 Å². The molecule has 11 heteroatoms. The van der Waals surface area contributed by atoms with Crippen LogP contribution in [0.1, 0.15) is 25.7 Å².